The Morgan fingerprint density at radius 2 is 1.94 bits per heavy atom. The monoisotopic (exact) mass is 261 g/mol. The highest BCUT2D eigenvalue weighted by molar-refractivity contribution is 7.80. The highest BCUT2D eigenvalue weighted by Gasteiger charge is 2.03. The second-order valence-electron chi connectivity index (χ2n) is 3.77. The molecule has 0 atom stereocenters. The first kappa shape index (κ1) is 16.1. The SMILES string of the molecule is CCOCCCNC(=S)NCCC(=O)N(C)C. The molecule has 6 heteroatoms. The molecule has 0 saturated carbocycles. The van der Waals surface area contributed by atoms with Crippen LogP contribution in [0.4, 0.5) is 0 Å². The van der Waals surface area contributed by atoms with Crippen LogP contribution >= 0.6 is 12.2 Å². The fraction of sp³-hybridized carbons (Fsp3) is 0.818. The van der Waals surface area contributed by atoms with Crippen LogP contribution in [-0.2, 0) is 9.53 Å². The maximum atomic E-state index is 11.3. The molecule has 100 valence electrons. The molecule has 0 heterocycles. The summed E-state index contributed by atoms with van der Waals surface area (Å²) in [6.45, 7) is 4.81. The molecule has 0 rings (SSSR count). The standard InChI is InChI=1S/C11H23N3O2S/c1-4-16-9-5-7-12-11(17)13-8-6-10(15)14(2)3/h4-9H2,1-3H3,(H2,12,13,17). The van der Waals surface area contributed by atoms with Crippen molar-refractivity contribution < 1.29 is 9.53 Å². The summed E-state index contributed by atoms with van der Waals surface area (Å²) in [6, 6.07) is 0. The van der Waals surface area contributed by atoms with Crippen molar-refractivity contribution >= 4 is 23.2 Å². The number of amides is 1. The lowest BCUT2D eigenvalue weighted by Gasteiger charge is -2.12. The van der Waals surface area contributed by atoms with Crippen molar-refractivity contribution in [3.63, 3.8) is 0 Å². The van der Waals surface area contributed by atoms with Crippen LogP contribution in [0.15, 0.2) is 0 Å². The second-order valence-corrected chi connectivity index (χ2v) is 4.18. The predicted molar refractivity (Wildman–Crippen MR) is 73.0 cm³/mol. The lowest BCUT2D eigenvalue weighted by Crippen LogP contribution is -2.38. The average Bonchev–Trinajstić information content (AvgIpc) is 2.28. The van der Waals surface area contributed by atoms with Crippen molar-refractivity contribution in [3.05, 3.63) is 0 Å². The van der Waals surface area contributed by atoms with Gasteiger partial charge in [-0.25, -0.2) is 0 Å². The van der Waals surface area contributed by atoms with E-state index in [1.54, 1.807) is 19.0 Å². The third-order valence-electron chi connectivity index (χ3n) is 2.08. The fourth-order valence-electron chi connectivity index (χ4n) is 1.09. The number of nitrogens with one attached hydrogen (secondary N) is 2. The minimum absolute atomic E-state index is 0.0941. The van der Waals surface area contributed by atoms with E-state index in [9.17, 15) is 4.79 Å². The van der Waals surface area contributed by atoms with Gasteiger partial charge in [-0.05, 0) is 25.6 Å². The first-order chi connectivity index (χ1) is 8.07. The highest BCUT2D eigenvalue weighted by atomic mass is 32.1. The molecule has 0 aliphatic heterocycles. The number of rotatable bonds is 8. The molecule has 0 bridgehead atoms. The molecule has 2 N–H and O–H groups in total. The van der Waals surface area contributed by atoms with Gasteiger partial charge >= 0.3 is 0 Å². The summed E-state index contributed by atoms with van der Waals surface area (Å²) in [5.41, 5.74) is 0. The van der Waals surface area contributed by atoms with Gasteiger partial charge in [0.05, 0.1) is 0 Å². The molecular formula is C11H23N3O2S. The molecule has 0 saturated heterocycles. The van der Waals surface area contributed by atoms with Gasteiger partial charge in [0.1, 0.15) is 0 Å². The van der Waals surface area contributed by atoms with E-state index in [2.05, 4.69) is 10.6 Å². The molecule has 0 aromatic heterocycles. The molecule has 0 radical (unpaired) electrons. The van der Waals surface area contributed by atoms with E-state index in [4.69, 9.17) is 17.0 Å². The normalized spacial score (nSPS) is 9.82. The molecule has 0 fully saturated rings. The molecule has 5 nitrogen and oxygen atoms in total. The van der Waals surface area contributed by atoms with Gasteiger partial charge in [-0.1, -0.05) is 0 Å². The van der Waals surface area contributed by atoms with E-state index in [0.717, 1.165) is 26.2 Å². The van der Waals surface area contributed by atoms with Gasteiger partial charge in [0.2, 0.25) is 5.91 Å². The highest BCUT2D eigenvalue weighted by Crippen LogP contribution is 1.85. The smallest absolute Gasteiger partial charge is 0.223 e. The Balaban J connectivity index is 3.38. The third-order valence-corrected chi connectivity index (χ3v) is 2.37. The average molecular weight is 261 g/mol. The quantitative estimate of drug-likeness (QED) is 0.488. The first-order valence-corrected chi connectivity index (χ1v) is 6.28. The van der Waals surface area contributed by atoms with Gasteiger partial charge in [0.15, 0.2) is 5.11 Å². The summed E-state index contributed by atoms with van der Waals surface area (Å²) in [6.07, 6.45) is 1.38. The largest absolute Gasteiger partial charge is 0.382 e. The van der Waals surface area contributed by atoms with Gasteiger partial charge in [0.25, 0.3) is 0 Å². The van der Waals surface area contributed by atoms with Crippen molar-refractivity contribution in [3.8, 4) is 0 Å². The number of carbonyl (C=O) groups is 1. The van der Waals surface area contributed by atoms with E-state index in [1.807, 2.05) is 6.92 Å². The lowest BCUT2D eigenvalue weighted by molar-refractivity contribution is -0.128. The zero-order valence-electron chi connectivity index (χ0n) is 10.9. The van der Waals surface area contributed by atoms with Gasteiger partial charge < -0.3 is 20.3 Å². The van der Waals surface area contributed by atoms with E-state index in [0.29, 0.717) is 18.1 Å². The Labute approximate surface area is 109 Å². The van der Waals surface area contributed by atoms with Crippen molar-refractivity contribution in [2.24, 2.45) is 0 Å². The van der Waals surface area contributed by atoms with Crippen LogP contribution in [0.5, 0.6) is 0 Å². The van der Waals surface area contributed by atoms with Crippen LogP contribution in [0.1, 0.15) is 19.8 Å². The van der Waals surface area contributed by atoms with Crippen molar-refractivity contribution in [2.75, 3.05) is 40.4 Å². The minimum Gasteiger partial charge on any atom is -0.382 e. The van der Waals surface area contributed by atoms with Crippen LogP contribution in [0.25, 0.3) is 0 Å². The van der Waals surface area contributed by atoms with E-state index < -0.39 is 0 Å². The number of carbonyl (C=O) groups excluding carboxylic acids is 1. The van der Waals surface area contributed by atoms with Crippen LogP contribution in [0, 0.1) is 0 Å². The number of ether oxygens (including phenoxy) is 1. The Morgan fingerprint density at radius 1 is 1.29 bits per heavy atom. The maximum Gasteiger partial charge on any atom is 0.223 e. The summed E-state index contributed by atoms with van der Waals surface area (Å²) >= 11 is 5.06. The van der Waals surface area contributed by atoms with Crippen LogP contribution in [0.3, 0.4) is 0 Å². The minimum atomic E-state index is 0.0941. The topological polar surface area (TPSA) is 53.6 Å². The number of hydrogen-bond acceptors (Lipinski definition) is 3. The van der Waals surface area contributed by atoms with E-state index >= 15 is 0 Å². The van der Waals surface area contributed by atoms with E-state index in [1.165, 1.54) is 0 Å². The summed E-state index contributed by atoms with van der Waals surface area (Å²) in [5.74, 6) is 0.0941. The van der Waals surface area contributed by atoms with Crippen LogP contribution < -0.4 is 10.6 Å². The zero-order chi connectivity index (χ0) is 13.1. The van der Waals surface area contributed by atoms with Gasteiger partial charge in [-0.15, -0.1) is 0 Å². The Bertz CT molecular complexity index is 235. The second kappa shape index (κ2) is 10.3. The van der Waals surface area contributed by atoms with Crippen molar-refractivity contribution in [1.29, 1.82) is 0 Å². The number of nitrogens with zero attached hydrogens (tertiary/aromatic N) is 1. The summed E-state index contributed by atoms with van der Waals surface area (Å²) in [4.78, 5) is 12.8. The lowest BCUT2D eigenvalue weighted by atomic mass is 10.4. The summed E-state index contributed by atoms with van der Waals surface area (Å²) in [5, 5.41) is 6.64. The maximum absolute atomic E-state index is 11.3. The van der Waals surface area contributed by atoms with Crippen molar-refractivity contribution in [1.82, 2.24) is 15.5 Å². The number of hydrogen-bond donors (Lipinski definition) is 2. The summed E-state index contributed by atoms with van der Waals surface area (Å²) < 4.78 is 5.20. The molecule has 17 heavy (non-hydrogen) atoms. The Kier molecular flexibility index (Phi) is 9.75. The van der Waals surface area contributed by atoms with E-state index in [-0.39, 0.29) is 5.91 Å². The number of thiocarbonyl (C=S) groups is 1. The Morgan fingerprint density at radius 3 is 2.53 bits per heavy atom. The summed E-state index contributed by atoms with van der Waals surface area (Å²) in [7, 11) is 3.49. The van der Waals surface area contributed by atoms with Gasteiger partial charge in [0, 0.05) is 46.8 Å². The molecule has 0 spiro atoms. The van der Waals surface area contributed by atoms with Gasteiger partial charge in [-0.3, -0.25) is 4.79 Å². The molecule has 1 amide bonds. The van der Waals surface area contributed by atoms with Crippen LogP contribution in [-0.4, -0.2) is 56.3 Å². The predicted octanol–water partition coefficient (Wildman–Crippen LogP) is 0.355. The fourth-order valence-corrected chi connectivity index (χ4v) is 1.29. The van der Waals surface area contributed by atoms with Crippen LogP contribution in [0.2, 0.25) is 0 Å². The molecule has 0 aromatic carbocycles. The first-order valence-electron chi connectivity index (χ1n) is 5.87. The molecule has 0 unspecified atom stereocenters. The third kappa shape index (κ3) is 10.0. The Hall–Kier alpha value is -0.880. The van der Waals surface area contributed by atoms with Crippen molar-refractivity contribution in [2.45, 2.75) is 19.8 Å². The molecule has 0 aliphatic rings. The van der Waals surface area contributed by atoms with Gasteiger partial charge in [-0.2, -0.15) is 0 Å². The molecule has 0 aliphatic carbocycles. The molecule has 0 aromatic rings. The molecular weight excluding hydrogens is 238 g/mol. The zero-order valence-corrected chi connectivity index (χ0v) is 11.7.